The van der Waals surface area contributed by atoms with Gasteiger partial charge in [0.1, 0.15) is 11.4 Å². The molecule has 2 N–H and O–H groups in total. The number of ether oxygens (including phenoxy) is 2. The molecule has 172 valence electrons. The topological polar surface area (TPSA) is 76.7 Å². The highest BCUT2D eigenvalue weighted by Gasteiger charge is 2.28. The molecule has 0 heterocycles. The van der Waals surface area contributed by atoms with Crippen LogP contribution in [0.2, 0.25) is 0 Å². The largest absolute Gasteiger partial charge is 0.496 e. The molecule has 2 aromatic carbocycles. The fraction of sp³-hybridized carbons (Fsp3) is 0.462. The second-order valence-corrected chi connectivity index (χ2v) is 10.2. The molecule has 0 fully saturated rings. The maximum absolute atomic E-state index is 13.1. The van der Waals surface area contributed by atoms with E-state index in [0.29, 0.717) is 11.3 Å². The van der Waals surface area contributed by atoms with Gasteiger partial charge in [-0.05, 0) is 73.9 Å². The monoisotopic (exact) mass is 438 g/mol. The molecule has 2 amide bonds. The SMILES string of the molecule is COc1cc(C(C)(C)C)ccc1C(=O)Nc1cccc2c1CCC2NC(=O)OC(C)(C)C. The van der Waals surface area contributed by atoms with Crippen molar-refractivity contribution in [1.29, 1.82) is 0 Å². The Morgan fingerprint density at radius 2 is 1.75 bits per heavy atom. The van der Waals surface area contributed by atoms with Gasteiger partial charge in [-0.2, -0.15) is 0 Å². The molecule has 0 bridgehead atoms. The van der Waals surface area contributed by atoms with Crippen LogP contribution in [0.3, 0.4) is 0 Å². The first-order valence-electron chi connectivity index (χ1n) is 11.0. The summed E-state index contributed by atoms with van der Waals surface area (Å²) >= 11 is 0. The molecule has 1 unspecified atom stereocenters. The number of carbonyl (C=O) groups excluding carboxylic acids is 2. The number of amides is 2. The molecule has 0 radical (unpaired) electrons. The summed E-state index contributed by atoms with van der Waals surface area (Å²) < 4.78 is 10.9. The maximum atomic E-state index is 13.1. The van der Waals surface area contributed by atoms with E-state index in [2.05, 4.69) is 31.4 Å². The van der Waals surface area contributed by atoms with E-state index < -0.39 is 11.7 Å². The van der Waals surface area contributed by atoms with Crippen LogP contribution in [0.25, 0.3) is 0 Å². The molecule has 32 heavy (non-hydrogen) atoms. The van der Waals surface area contributed by atoms with Crippen molar-refractivity contribution in [2.75, 3.05) is 12.4 Å². The van der Waals surface area contributed by atoms with Crippen LogP contribution >= 0.6 is 0 Å². The van der Waals surface area contributed by atoms with Crippen molar-refractivity contribution in [1.82, 2.24) is 5.32 Å². The molecular formula is C26H34N2O4. The van der Waals surface area contributed by atoms with Crippen molar-refractivity contribution < 1.29 is 19.1 Å². The number of carbonyl (C=O) groups is 2. The van der Waals surface area contributed by atoms with Gasteiger partial charge in [-0.15, -0.1) is 0 Å². The first-order valence-corrected chi connectivity index (χ1v) is 11.0. The molecule has 6 heteroatoms. The summed E-state index contributed by atoms with van der Waals surface area (Å²) in [6.07, 6.45) is 1.07. The number of nitrogens with one attached hydrogen (secondary N) is 2. The highest BCUT2D eigenvalue weighted by atomic mass is 16.6. The second-order valence-electron chi connectivity index (χ2n) is 10.2. The number of hydrogen-bond acceptors (Lipinski definition) is 4. The Kier molecular flexibility index (Phi) is 6.54. The van der Waals surface area contributed by atoms with E-state index >= 15 is 0 Å². The number of benzene rings is 2. The summed E-state index contributed by atoms with van der Waals surface area (Å²) in [4.78, 5) is 25.3. The van der Waals surface area contributed by atoms with E-state index in [9.17, 15) is 9.59 Å². The predicted molar refractivity (Wildman–Crippen MR) is 127 cm³/mol. The number of rotatable bonds is 4. The molecule has 0 spiro atoms. The fourth-order valence-electron chi connectivity index (χ4n) is 3.91. The van der Waals surface area contributed by atoms with Crippen molar-refractivity contribution in [3.8, 4) is 5.75 Å². The lowest BCUT2D eigenvalue weighted by Crippen LogP contribution is -2.34. The van der Waals surface area contributed by atoms with Gasteiger partial charge < -0.3 is 20.1 Å². The molecule has 0 saturated heterocycles. The van der Waals surface area contributed by atoms with E-state index in [-0.39, 0.29) is 17.4 Å². The van der Waals surface area contributed by atoms with Crippen LogP contribution < -0.4 is 15.4 Å². The van der Waals surface area contributed by atoms with Crippen LogP contribution in [0, 0.1) is 0 Å². The third-order valence-corrected chi connectivity index (χ3v) is 5.52. The molecule has 0 saturated carbocycles. The zero-order chi connectivity index (χ0) is 23.7. The standard InChI is InChI=1S/C26H34N2O4/c1-25(2,3)16-11-12-19(22(15-16)31-7)23(29)27-20-10-8-9-17-18(20)13-14-21(17)28-24(30)32-26(4,5)6/h8-12,15,21H,13-14H2,1-7H3,(H,27,29)(H,28,30). The summed E-state index contributed by atoms with van der Waals surface area (Å²) in [7, 11) is 1.58. The number of anilines is 1. The van der Waals surface area contributed by atoms with Crippen molar-refractivity contribution in [3.05, 3.63) is 58.7 Å². The normalized spacial score (nSPS) is 15.7. The van der Waals surface area contributed by atoms with Crippen LogP contribution in [-0.2, 0) is 16.6 Å². The fourth-order valence-corrected chi connectivity index (χ4v) is 3.91. The van der Waals surface area contributed by atoms with Crippen molar-refractivity contribution in [3.63, 3.8) is 0 Å². The Hall–Kier alpha value is -3.02. The van der Waals surface area contributed by atoms with Crippen LogP contribution in [0.15, 0.2) is 36.4 Å². The summed E-state index contributed by atoms with van der Waals surface area (Å²) in [5.41, 5.74) is 3.78. The van der Waals surface area contributed by atoms with Gasteiger partial charge in [0.25, 0.3) is 5.91 Å². The zero-order valence-electron chi connectivity index (χ0n) is 20.1. The average Bonchev–Trinajstić information content (AvgIpc) is 3.09. The Labute approximate surface area is 190 Å². The van der Waals surface area contributed by atoms with Gasteiger partial charge in [-0.25, -0.2) is 4.79 Å². The first kappa shape index (κ1) is 23.6. The van der Waals surface area contributed by atoms with Crippen LogP contribution in [0.4, 0.5) is 10.5 Å². The molecule has 1 atom stereocenters. The third kappa shape index (κ3) is 5.42. The Morgan fingerprint density at radius 3 is 2.38 bits per heavy atom. The lowest BCUT2D eigenvalue weighted by Gasteiger charge is -2.22. The minimum Gasteiger partial charge on any atom is -0.496 e. The van der Waals surface area contributed by atoms with Crippen molar-refractivity contribution in [2.45, 2.75) is 71.4 Å². The van der Waals surface area contributed by atoms with Gasteiger partial charge in [0, 0.05) is 5.69 Å². The molecule has 0 aromatic heterocycles. The molecule has 6 nitrogen and oxygen atoms in total. The Morgan fingerprint density at radius 1 is 1.03 bits per heavy atom. The van der Waals surface area contributed by atoms with Gasteiger partial charge in [-0.1, -0.05) is 39.0 Å². The summed E-state index contributed by atoms with van der Waals surface area (Å²) in [6.45, 7) is 11.9. The Bertz CT molecular complexity index is 1020. The lowest BCUT2D eigenvalue weighted by molar-refractivity contribution is 0.0503. The lowest BCUT2D eigenvalue weighted by atomic mass is 9.86. The van der Waals surface area contributed by atoms with Crippen LogP contribution in [0.5, 0.6) is 5.75 Å². The van der Waals surface area contributed by atoms with E-state index in [4.69, 9.17) is 9.47 Å². The first-order chi connectivity index (χ1) is 14.9. The molecular weight excluding hydrogens is 404 g/mol. The van der Waals surface area contributed by atoms with Crippen LogP contribution in [0.1, 0.15) is 81.1 Å². The summed E-state index contributed by atoms with van der Waals surface area (Å²) in [5, 5.41) is 5.99. The Balaban J connectivity index is 1.80. The maximum Gasteiger partial charge on any atom is 0.408 e. The van der Waals surface area contributed by atoms with Gasteiger partial charge in [0.15, 0.2) is 0 Å². The quantitative estimate of drug-likeness (QED) is 0.637. The van der Waals surface area contributed by atoms with E-state index in [0.717, 1.165) is 35.2 Å². The van der Waals surface area contributed by atoms with E-state index in [1.54, 1.807) is 7.11 Å². The number of methoxy groups -OCH3 is 1. The third-order valence-electron chi connectivity index (χ3n) is 5.52. The minimum atomic E-state index is -0.553. The van der Waals surface area contributed by atoms with Crippen molar-refractivity contribution >= 4 is 17.7 Å². The highest BCUT2D eigenvalue weighted by Crippen LogP contribution is 2.36. The molecule has 1 aliphatic carbocycles. The minimum absolute atomic E-state index is 0.0430. The zero-order valence-corrected chi connectivity index (χ0v) is 20.1. The van der Waals surface area contributed by atoms with E-state index in [1.165, 1.54) is 0 Å². The smallest absolute Gasteiger partial charge is 0.408 e. The molecule has 0 aliphatic heterocycles. The molecule has 1 aliphatic rings. The van der Waals surface area contributed by atoms with Crippen molar-refractivity contribution in [2.24, 2.45) is 0 Å². The molecule has 2 aromatic rings. The number of hydrogen-bond donors (Lipinski definition) is 2. The summed E-state index contributed by atoms with van der Waals surface area (Å²) in [5.74, 6) is 0.325. The highest BCUT2D eigenvalue weighted by molar-refractivity contribution is 6.06. The number of alkyl carbamates (subject to hydrolysis) is 1. The molecule has 3 rings (SSSR count). The predicted octanol–water partition coefficient (Wildman–Crippen LogP) is 5.76. The van der Waals surface area contributed by atoms with Gasteiger partial charge >= 0.3 is 6.09 Å². The van der Waals surface area contributed by atoms with Gasteiger partial charge in [0.05, 0.1) is 18.7 Å². The number of fused-ring (bicyclic) bond motifs is 1. The van der Waals surface area contributed by atoms with Gasteiger partial charge in [-0.3, -0.25) is 4.79 Å². The van der Waals surface area contributed by atoms with Crippen LogP contribution in [-0.4, -0.2) is 24.7 Å². The summed E-state index contributed by atoms with van der Waals surface area (Å²) in [6, 6.07) is 11.3. The second kappa shape index (κ2) is 8.85. The van der Waals surface area contributed by atoms with Gasteiger partial charge in [0.2, 0.25) is 0 Å². The van der Waals surface area contributed by atoms with E-state index in [1.807, 2.05) is 57.2 Å². The average molecular weight is 439 g/mol.